The number of nitrogens with one attached hydrogen (secondary N) is 1. The van der Waals surface area contributed by atoms with E-state index in [1.54, 1.807) is 0 Å². The first-order valence-electron chi connectivity index (χ1n) is 7.40. The molecule has 20 heavy (non-hydrogen) atoms. The number of rotatable bonds is 2. The average molecular weight is 265 g/mol. The Morgan fingerprint density at radius 3 is 2.90 bits per heavy atom. The number of aromatic nitrogens is 1. The van der Waals surface area contributed by atoms with E-state index in [0.717, 1.165) is 18.7 Å². The van der Waals surface area contributed by atoms with Crippen LogP contribution >= 0.6 is 0 Å². The van der Waals surface area contributed by atoms with Crippen molar-refractivity contribution >= 4 is 5.82 Å². The third kappa shape index (κ3) is 1.90. The highest BCUT2D eigenvalue weighted by molar-refractivity contribution is 5.47. The SMILES string of the molecule is NC1Cc2ccccc2C1Nc1ccc2c(n1)CCC2. The summed E-state index contributed by atoms with van der Waals surface area (Å²) >= 11 is 0. The zero-order chi connectivity index (χ0) is 13.5. The molecule has 2 aromatic rings. The molecule has 0 saturated heterocycles. The van der Waals surface area contributed by atoms with Crippen molar-refractivity contribution in [1.29, 1.82) is 0 Å². The Bertz CT molecular complexity index is 650. The van der Waals surface area contributed by atoms with Crippen LogP contribution < -0.4 is 11.1 Å². The van der Waals surface area contributed by atoms with E-state index in [1.165, 1.54) is 35.2 Å². The number of aryl methyl sites for hydroxylation is 2. The second-order valence-corrected chi connectivity index (χ2v) is 5.84. The lowest BCUT2D eigenvalue weighted by Gasteiger charge is -2.19. The van der Waals surface area contributed by atoms with E-state index in [4.69, 9.17) is 10.7 Å². The number of anilines is 1. The third-order valence-corrected chi connectivity index (χ3v) is 4.51. The number of nitrogens with zero attached hydrogens (tertiary/aromatic N) is 1. The van der Waals surface area contributed by atoms with E-state index in [1.807, 2.05) is 0 Å². The second-order valence-electron chi connectivity index (χ2n) is 5.84. The molecule has 2 aliphatic carbocycles. The third-order valence-electron chi connectivity index (χ3n) is 4.51. The van der Waals surface area contributed by atoms with Crippen molar-refractivity contribution < 1.29 is 0 Å². The maximum Gasteiger partial charge on any atom is 0.126 e. The average Bonchev–Trinajstić information content (AvgIpc) is 3.04. The zero-order valence-electron chi connectivity index (χ0n) is 11.5. The van der Waals surface area contributed by atoms with E-state index < -0.39 is 0 Å². The minimum absolute atomic E-state index is 0.127. The molecule has 3 N–H and O–H groups in total. The van der Waals surface area contributed by atoms with Crippen LogP contribution in [0.3, 0.4) is 0 Å². The highest BCUT2D eigenvalue weighted by atomic mass is 15.0. The van der Waals surface area contributed by atoms with Gasteiger partial charge in [-0.25, -0.2) is 4.98 Å². The summed E-state index contributed by atoms with van der Waals surface area (Å²) in [5, 5.41) is 3.54. The van der Waals surface area contributed by atoms with Gasteiger partial charge in [0.25, 0.3) is 0 Å². The number of fused-ring (bicyclic) bond motifs is 2. The first kappa shape index (κ1) is 11.9. The van der Waals surface area contributed by atoms with Crippen LogP contribution in [0.2, 0.25) is 0 Å². The van der Waals surface area contributed by atoms with Gasteiger partial charge >= 0.3 is 0 Å². The molecule has 0 bridgehead atoms. The maximum absolute atomic E-state index is 6.30. The first-order valence-corrected chi connectivity index (χ1v) is 7.40. The van der Waals surface area contributed by atoms with E-state index in [-0.39, 0.29) is 12.1 Å². The lowest BCUT2D eigenvalue weighted by Crippen LogP contribution is -2.30. The molecule has 3 heteroatoms. The molecule has 1 aromatic heterocycles. The van der Waals surface area contributed by atoms with Gasteiger partial charge in [-0.1, -0.05) is 30.3 Å². The first-order chi connectivity index (χ1) is 9.81. The van der Waals surface area contributed by atoms with Crippen molar-refractivity contribution in [3.05, 3.63) is 58.8 Å². The van der Waals surface area contributed by atoms with Crippen molar-refractivity contribution in [2.75, 3.05) is 5.32 Å². The molecule has 1 aromatic carbocycles. The van der Waals surface area contributed by atoms with Gasteiger partial charge in [0.15, 0.2) is 0 Å². The largest absolute Gasteiger partial charge is 0.362 e. The van der Waals surface area contributed by atoms with Crippen molar-refractivity contribution in [1.82, 2.24) is 4.98 Å². The van der Waals surface area contributed by atoms with E-state index in [2.05, 4.69) is 41.7 Å². The lowest BCUT2D eigenvalue weighted by atomic mass is 10.1. The van der Waals surface area contributed by atoms with Crippen LogP contribution in [0.5, 0.6) is 0 Å². The van der Waals surface area contributed by atoms with E-state index in [0.29, 0.717) is 0 Å². The Labute approximate surface area is 119 Å². The van der Waals surface area contributed by atoms with E-state index in [9.17, 15) is 0 Å². The summed E-state index contributed by atoms with van der Waals surface area (Å²) < 4.78 is 0. The van der Waals surface area contributed by atoms with Gasteiger partial charge in [0.1, 0.15) is 5.82 Å². The van der Waals surface area contributed by atoms with Gasteiger partial charge < -0.3 is 11.1 Å². The summed E-state index contributed by atoms with van der Waals surface area (Å²) in [5.41, 5.74) is 11.6. The number of pyridine rings is 1. The molecular formula is C17H19N3. The van der Waals surface area contributed by atoms with Crippen molar-refractivity contribution in [2.45, 2.75) is 37.8 Å². The maximum atomic E-state index is 6.30. The summed E-state index contributed by atoms with van der Waals surface area (Å²) in [7, 11) is 0. The fraction of sp³-hybridized carbons (Fsp3) is 0.353. The van der Waals surface area contributed by atoms with Gasteiger partial charge in [0, 0.05) is 11.7 Å². The molecule has 1 heterocycles. The Morgan fingerprint density at radius 1 is 1.05 bits per heavy atom. The quantitative estimate of drug-likeness (QED) is 0.877. The smallest absolute Gasteiger partial charge is 0.126 e. The van der Waals surface area contributed by atoms with Crippen LogP contribution in [-0.2, 0) is 19.3 Å². The predicted molar refractivity (Wildman–Crippen MR) is 80.7 cm³/mol. The van der Waals surface area contributed by atoms with Crippen LogP contribution in [0.15, 0.2) is 36.4 Å². The normalized spacial score (nSPS) is 23.4. The lowest BCUT2D eigenvalue weighted by molar-refractivity contribution is 0.623. The zero-order valence-corrected chi connectivity index (χ0v) is 11.5. The highest BCUT2D eigenvalue weighted by Gasteiger charge is 2.29. The Morgan fingerprint density at radius 2 is 1.95 bits per heavy atom. The number of hydrogen-bond donors (Lipinski definition) is 2. The summed E-state index contributed by atoms with van der Waals surface area (Å²) in [6.45, 7) is 0. The Balaban J connectivity index is 1.63. The Kier molecular flexibility index (Phi) is 2.74. The molecule has 2 aliphatic rings. The predicted octanol–water partition coefficient (Wildman–Crippen LogP) is 2.61. The molecule has 102 valence electrons. The Hall–Kier alpha value is -1.87. The standard InChI is InChI=1S/C17H19N3/c18-14-10-12-4-1-2-6-13(12)17(14)20-16-9-8-11-5-3-7-15(11)19-16/h1-2,4,6,8-9,14,17H,3,5,7,10,18H2,(H,19,20). The van der Waals surface area contributed by atoms with Gasteiger partial charge in [0.05, 0.1) is 6.04 Å². The highest BCUT2D eigenvalue weighted by Crippen LogP contribution is 2.33. The van der Waals surface area contributed by atoms with Gasteiger partial charge in [-0.05, 0) is 48.4 Å². The van der Waals surface area contributed by atoms with Gasteiger partial charge in [-0.2, -0.15) is 0 Å². The van der Waals surface area contributed by atoms with Crippen LogP contribution in [0, 0.1) is 0 Å². The van der Waals surface area contributed by atoms with Crippen LogP contribution in [-0.4, -0.2) is 11.0 Å². The monoisotopic (exact) mass is 265 g/mol. The van der Waals surface area contributed by atoms with Crippen LogP contribution in [0.1, 0.15) is 34.8 Å². The summed E-state index contributed by atoms with van der Waals surface area (Å²) in [6.07, 6.45) is 4.46. The molecule has 0 radical (unpaired) electrons. The fourth-order valence-corrected chi connectivity index (χ4v) is 3.47. The molecule has 2 unspecified atom stereocenters. The number of hydrogen-bond acceptors (Lipinski definition) is 3. The summed E-state index contributed by atoms with van der Waals surface area (Å²) in [5.74, 6) is 0.961. The molecule has 0 spiro atoms. The minimum Gasteiger partial charge on any atom is -0.362 e. The second kappa shape index (κ2) is 4.60. The topological polar surface area (TPSA) is 50.9 Å². The fourth-order valence-electron chi connectivity index (χ4n) is 3.47. The van der Waals surface area contributed by atoms with Crippen molar-refractivity contribution in [2.24, 2.45) is 5.73 Å². The van der Waals surface area contributed by atoms with Crippen molar-refractivity contribution in [3.8, 4) is 0 Å². The molecule has 0 fully saturated rings. The van der Waals surface area contributed by atoms with Crippen LogP contribution in [0.25, 0.3) is 0 Å². The summed E-state index contributed by atoms with van der Waals surface area (Å²) in [4.78, 5) is 4.76. The van der Waals surface area contributed by atoms with Gasteiger partial charge in [-0.15, -0.1) is 0 Å². The molecule has 0 amide bonds. The molecule has 0 aliphatic heterocycles. The number of benzene rings is 1. The van der Waals surface area contributed by atoms with Crippen LogP contribution in [0.4, 0.5) is 5.82 Å². The molecule has 2 atom stereocenters. The molecule has 3 nitrogen and oxygen atoms in total. The van der Waals surface area contributed by atoms with Crippen molar-refractivity contribution in [3.63, 3.8) is 0 Å². The molecule has 0 saturated carbocycles. The van der Waals surface area contributed by atoms with Gasteiger partial charge in [-0.3, -0.25) is 0 Å². The molecular weight excluding hydrogens is 246 g/mol. The van der Waals surface area contributed by atoms with E-state index >= 15 is 0 Å². The molecule has 4 rings (SSSR count). The minimum atomic E-state index is 0.127. The van der Waals surface area contributed by atoms with Gasteiger partial charge in [0.2, 0.25) is 0 Å². The number of nitrogens with two attached hydrogens (primary N) is 1. The summed E-state index contributed by atoms with van der Waals surface area (Å²) in [6, 6.07) is 13.1.